The molecule has 1 aliphatic rings. The fourth-order valence-electron chi connectivity index (χ4n) is 1.75. The second-order valence-electron chi connectivity index (χ2n) is 3.79. The number of hydrogen-bond acceptors (Lipinski definition) is 2. The molecule has 0 aromatic carbocycles. The van der Waals surface area contributed by atoms with E-state index in [1.54, 1.807) is 0 Å². The van der Waals surface area contributed by atoms with Gasteiger partial charge in [-0.25, -0.2) is 4.98 Å². The summed E-state index contributed by atoms with van der Waals surface area (Å²) in [5.74, 6) is 1.04. The number of rotatable bonds is 2. The van der Waals surface area contributed by atoms with E-state index >= 15 is 0 Å². The van der Waals surface area contributed by atoms with Crippen LogP contribution >= 0.6 is 0 Å². The molecule has 1 aromatic rings. The molecule has 0 saturated carbocycles. The molecule has 2 rings (SSSR count). The lowest BCUT2D eigenvalue weighted by atomic mass is 10.0. The summed E-state index contributed by atoms with van der Waals surface area (Å²) in [5.41, 5.74) is 1.22. The number of nitrogens with one attached hydrogen (secondary N) is 1. The van der Waals surface area contributed by atoms with Crippen molar-refractivity contribution in [2.75, 3.05) is 5.32 Å². The fraction of sp³-hybridized carbons (Fsp3) is 0.417. The summed E-state index contributed by atoms with van der Waals surface area (Å²) in [6, 6.07) is 4.63. The third-order valence-electron chi connectivity index (χ3n) is 2.62. The largest absolute Gasteiger partial charge is 0.367 e. The Hall–Kier alpha value is -1.31. The highest BCUT2D eigenvalue weighted by Gasteiger charge is 2.10. The van der Waals surface area contributed by atoms with E-state index in [0.29, 0.717) is 6.04 Å². The Morgan fingerprint density at radius 3 is 3.07 bits per heavy atom. The summed E-state index contributed by atoms with van der Waals surface area (Å²) in [6.07, 6.45) is 9.86. The van der Waals surface area contributed by atoms with E-state index in [4.69, 9.17) is 0 Å². The van der Waals surface area contributed by atoms with Crippen LogP contribution in [0.5, 0.6) is 0 Å². The van der Waals surface area contributed by atoms with Gasteiger partial charge in [0.1, 0.15) is 5.82 Å². The van der Waals surface area contributed by atoms with Gasteiger partial charge < -0.3 is 5.32 Å². The number of allylic oxidation sites excluding steroid dienone is 1. The molecule has 2 heteroatoms. The third-order valence-corrected chi connectivity index (χ3v) is 2.62. The quantitative estimate of drug-likeness (QED) is 0.722. The Kier molecular flexibility index (Phi) is 2.82. The van der Waals surface area contributed by atoms with Crippen molar-refractivity contribution in [3.8, 4) is 0 Å². The van der Waals surface area contributed by atoms with Gasteiger partial charge in [-0.3, -0.25) is 0 Å². The molecule has 1 heterocycles. The lowest BCUT2D eigenvalue weighted by Crippen LogP contribution is -2.21. The van der Waals surface area contributed by atoms with E-state index in [9.17, 15) is 0 Å². The van der Waals surface area contributed by atoms with E-state index in [0.717, 1.165) is 12.2 Å². The summed E-state index contributed by atoms with van der Waals surface area (Å²) >= 11 is 0. The smallest absolute Gasteiger partial charge is 0.129 e. The van der Waals surface area contributed by atoms with Crippen LogP contribution in [0.15, 0.2) is 30.5 Å². The first-order valence-corrected chi connectivity index (χ1v) is 5.19. The van der Waals surface area contributed by atoms with Crippen LogP contribution < -0.4 is 5.32 Å². The van der Waals surface area contributed by atoms with Crippen LogP contribution in [0.4, 0.5) is 5.82 Å². The lowest BCUT2D eigenvalue weighted by molar-refractivity contribution is 0.641. The standard InChI is InChI=1S/C12H16N2/c1-10-6-5-9-13-12(10)14-11-7-3-2-4-8-11/h2-3,5-6,9,11H,4,7-8H2,1H3,(H,13,14). The molecule has 14 heavy (non-hydrogen) atoms. The maximum absolute atomic E-state index is 4.34. The van der Waals surface area contributed by atoms with Crippen molar-refractivity contribution >= 4 is 5.82 Å². The van der Waals surface area contributed by atoms with Gasteiger partial charge in [-0.05, 0) is 37.8 Å². The highest BCUT2D eigenvalue weighted by atomic mass is 15.0. The van der Waals surface area contributed by atoms with Gasteiger partial charge in [0, 0.05) is 12.2 Å². The van der Waals surface area contributed by atoms with Gasteiger partial charge in [-0.15, -0.1) is 0 Å². The molecule has 1 N–H and O–H groups in total. The van der Waals surface area contributed by atoms with Crippen LogP contribution in [-0.4, -0.2) is 11.0 Å². The highest BCUT2D eigenvalue weighted by molar-refractivity contribution is 5.43. The van der Waals surface area contributed by atoms with Gasteiger partial charge in [0.2, 0.25) is 0 Å². The average molecular weight is 188 g/mol. The SMILES string of the molecule is Cc1cccnc1NC1CC=CCC1. The van der Waals surface area contributed by atoms with Crippen molar-refractivity contribution in [1.82, 2.24) is 4.98 Å². The third kappa shape index (κ3) is 2.13. The highest BCUT2D eigenvalue weighted by Crippen LogP contribution is 2.17. The molecule has 0 radical (unpaired) electrons. The number of aryl methyl sites for hydroxylation is 1. The first-order valence-electron chi connectivity index (χ1n) is 5.19. The van der Waals surface area contributed by atoms with E-state index in [2.05, 4.69) is 35.4 Å². The zero-order chi connectivity index (χ0) is 9.80. The Labute approximate surface area is 85.1 Å². The molecule has 0 fully saturated rings. The van der Waals surface area contributed by atoms with Gasteiger partial charge >= 0.3 is 0 Å². The minimum atomic E-state index is 0.564. The molecule has 0 spiro atoms. The topological polar surface area (TPSA) is 24.9 Å². The molecule has 2 nitrogen and oxygen atoms in total. The molecule has 0 bridgehead atoms. The van der Waals surface area contributed by atoms with Crippen LogP contribution in [0.3, 0.4) is 0 Å². The summed E-state index contributed by atoms with van der Waals surface area (Å²) in [6.45, 7) is 2.09. The molecule has 1 atom stereocenters. The lowest BCUT2D eigenvalue weighted by Gasteiger charge is -2.20. The molecular formula is C12H16N2. The van der Waals surface area contributed by atoms with Crippen molar-refractivity contribution in [2.24, 2.45) is 0 Å². The molecule has 0 amide bonds. The Morgan fingerprint density at radius 1 is 1.43 bits per heavy atom. The van der Waals surface area contributed by atoms with Crippen molar-refractivity contribution in [3.05, 3.63) is 36.0 Å². The number of nitrogens with zero attached hydrogens (tertiary/aromatic N) is 1. The first-order chi connectivity index (χ1) is 6.86. The monoisotopic (exact) mass is 188 g/mol. The van der Waals surface area contributed by atoms with E-state index in [1.165, 1.54) is 18.4 Å². The van der Waals surface area contributed by atoms with Crippen LogP contribution in [-0.2, 0) is 0 Å². The number of hydrogen-bond donors (Lipinski definition) is 1. The average Bonchev–Trinajstić information content (AvgIpc) is 2.23. The maximum Gasteiger partial charge on any atom is 0.129 e. The molecular weight excluding hydrogens is 172 g/mol. The van der Waals surface area contributed by atoms with Gasteiger partial charge in [-0.1, -0.05) is 18.2 Å². The van der Waals surface area contributed by atoms with Crippen LogP contribution in [0, 0.1) is 6.92 Å². The second kappa shape index (κ2) is 4.27. The minimum absolute atomic E-state index is 0.564. The van der Waals surface area contributed by atoms with E-state index in [-0.39, 0.29) is 0 Å². The maximum atomic E-state index is 4.34. The number of anilines is 1. The summed E-state index contributed by atoms with van der Waals surface area (Å²) < 4.78 is 0. The molecule has 0 aliphatic heterocycles. The van der Waals surface area contributed by atoms with Gasteiger partial charge in [0.25, 0.3) is 0 Å². The number of pyridine rings is 1. The summed E-state index contributed by atoms with van der Waals surface area (Å²) in [5, 5.41) is 3.49. The predicted octanol–water partition coefficient (Wildman–Crippen LogP) is 2.91. The summed E-state index contributed by atoms with van der Waals surface area (Å²) in [4.78, 5) is 4.34. The van der Waals surface area contributed by atoms with Crippen LogP contribution in [0.1, 0.15) is 24.8 Å². The van der Waals surface area contributed by atoms with Gasteiger partial charge in [0.15, 0.2) is 0 Å². The van der Waals surface area contributed by atoms with Crippen molar-refractivity contribution in [1.29, 1.82) is 0 Å². The van der Waals surface area contributed by atoms with E-state index in [1.807, 2.05) is 12.3 Å². The van der Waals surface area contributed by atoms with Gasteiger partial charge in [-0.2, -0.15) is 0 Å². The molecule has 1 aromatic heterocycles. The molecule has 74 valence electrons. The van der Waals surface area contributed by atoms with Crippen molar-refractivity contribution in [2.45, 2.75) is 32.2 Å². The zero-order valence-electron chi connectivity index (χ0n) is 8.53. The van der Waals surface area contributed by atoms with Gasteiger partial charge in [0.05, 0.1) is 0 Å². The number of aromatic nitrogens is 1. The summed E-state index contributed by atoms with van der Waals surface area (Å²) in [7, 11) is 0. The molecule has 1 unspecified atom stereocenters. The Balaban J connectivity index is 2.03. The predicted molar refractivity (Wildman–Crippen MR) is 59.4 cm³/mol. The van der Waals surface area contributed by atoms with E-state index < -0.39 is 0 Å². The first kappa shape index (κ1) is 9.25. The Morgan fingerprint density at radius 2 is 2.36 bits per heavy atom. The Bertz CT molecular complexity index is 331. The zero-order valence-corrected chi connectivity index (χ0v) is 8.53. The molecule has 1 aliphatic carbocycles. The fourth-order valence-corrected chi connectivity index (χ4v) is 1.75. The van der Waals surface area contributed by atoms with Crippen molar-refractivity contribution < 1.29 is 0 Å². The second-order valence-corrected chi connectivity index (χ2v) is 3.79. The molecule has 0 saturated heterocycles. The van der Waals surface area contributed by atoms with Crippen LogP contribution in [0.25, 0.3) is 0 Å². The minimum Gasteiger partial charge on any atom is -0.367 e. The van der Waals surface area contributed by atoms with Crippen molar-refractivity contribution in [3.63, 3.8) is 0 Å². The normalized spacial score (nSPS) is 20.8. The van der Waals surface area contributed by atoms with Crippen LogP contribution in [0.2, 0.25) is 0 Å².